The van der Waals surface area contributed by atoms with Crippen LogP contribution in [-0.4, -0.2) is 33.1 Å². The molecule has 2 N–H and O–H groups in total. The van der Waals surface area contributed by atoms with E-state index in [1.54, 1.807) is 49.5 Å². The molecule has 0 radical (unpaired) electrons. The van der Waals surface area contributed by atoms with Crippen LogP contribution in [-0.2, 0) is 11.8 Å². The predicted octanol–water partition coefficient (Wildman–Crippen LogP) is 2.06. The first kappa shape index (κ1) is 19.9. The van der Waals surface area contributed by atoms with E-state index < -0.39 is 23.1 Å². The van der Waals surface area contributed by atoms with Gasteiger partial charge in [-0.15, -0.1) is 0 Å². The second-order valence-electron chi connectivity index (χ2n) is 6.81. The summed E-state index contributed by atoms with van der Waals surface area (Å²) < 4.78 is 7.17. The Balaban J connectivity index is 1.74. The van der Waals surface area contributed by atoms with Crippen LogP contribution in [0.1, 0.15) is 20.7 Å². The van der Waals surface area contributed by atoms with Crippen molar-refractivity contribution in [3.8, 4) is 5.69 Å². The van der Waals surface area contributed by atoms with Crippen molar-refractivity contribution in [2.75, 3.05) is 12.4 Å². The Bertz CT molecular complexity index is 1410. The highest BCUT2D eigenvalue weighted by molar-refractivity contribution is 6.11. The molecule has 2 heterocycles. The van der Waals surface area contributed by atoms with E-state index in [2.05, 4.69) is 15.0 Å². The van der Waals surface area contributed by atoms with Crippen LogP contribution in [0, 0.1) is 0 Å². The number of rotatable bonds is 4. The van der Waals surface area contributed by atoms with Gasteiger partial charge in [0.15, 0.2) is 0 Å². The molecule has 9 heteroatoms. The highest BCUT2D eigenvalue weighted by Crippen LogP contribution is 2.18. The van der Waals surface area contributed by atoms with Gasteiger partial charge in [-0.1, -0.05) is 18.2 Å². The van der Waals surface area contributed by atoms with Crippen molar-refractivity contribution >= 4 is 28.6 Å². The first-order valence-electron chi connectivity index (χ1n) is 9.30. The lowest BCUT2D eigenvalue weighted by Crippen LogP contribution is -2.34. The fraction of sp³-hybridized carbons (Fsp3) is 0.0909. The van der Waals surface area contributed by atoms with E-state index in [-0.39, 0.29) is 16.6 Å². The third kappa shape index (κ3) is 3.52. The summed E-state index contributed by atoms with van der Waals surface area (Å²) in [5.41, 5.74) is 0.506. The number of para-hydroxylation sites is 1. The number of nitrogens with one attached hydrogen (secondary N) is 2. The number of carbonyl (C=O) groups excluding carboxylic acids is 2. The van der Waals surface area contributed by atoms with E-state index in [0.717, 1.165) is 4.57 Å². The number of methoxy groups -OCH3 is 1. The van der Waals surface area contributed by atoms with Crippen LogP contribution in [0.2, 0.25) is 0 Å². The van der Waals surface area contributed by atoms with Crippen molar-refractivity contribution in [2.45, 2.75) is 0 Å². The van der Waals surface area contributed by atoms with Gasteiger partial charge in [0.1, 0.15) is 5.52 Å². The average Bonchev–Trinajstić information content (AvgIpc) is 3.11. The van der Waals surface area contributed by atoms with Gasteiger partial charge in [-0.05, 0) is 36.4 Å². The predicted molar refractivity (Wildman–Crippen MR) is 115 cm³/mol. The van der Waals surface area contributed by atoms with Gasteiger partial charge in [0.05, 0.1) is 29.4 Å². The Labute approximate surface area is 175 Å². The monoisotopic (exact) mass is 418 g/mol. The lowest BCUT2D eigenvalue weighted by molar-refractivity contribution is 0.0600. The van der Waals surface area contributed by atoms with Gasteiger partial charge in [-0.25, -0.2) is 14.2 Å². The number of hydrogen-bond acceptors (Lipinski definition) is 5. The number of esters is 1. The maximum atomic E-state index is 13.0. The molecule has 2 aromatic carbocycles. The first-order chi connectivity index (χ1) is 14.9. The summed E-state index contributed by atoms with van der Waals surface area (Å²) in [6, 6.07) is 14.7. The number of hydrogen-bond donors (Lipinski definition) is 2. The van der Waals surface area contributed by atoms with E-state index in [9.17, 15) is 19.2 Å². The molecule has 0 saturated heterocycles. The summed E-state index contributed by atoms with van der Waals surface area (Å²) in [6.07, 6.45) is 1.48. The maximum Gasteiger partial charge on any atom is 0.337 e. The van der Waals surface area contributed by atoms with Crippen molar-refractivity contribution in [2.24, 2.45) is 7.05 Å². The van der Waals surface area contributed by atoms with E-state index in [4.69, 9.17) is 0 Å². The third-order valence-electron chi connectivity index (χ3n) is 4.85. The third-order valence-corrected chi connectivity index (χ3v) is 4.85. The normalized spacial score (nSPS) is 10.8. The molecular formula is C22H18N4O5. The zero-order valence-corrected chi connectivity index (χ0v) is 16.7. The standard InChI is InChI=1S/C22H18N4O5/c1-25-12-16(19(27)23-14-10-8-13(9-11-14)21(29)31-2)17-18(25)20(28)26(22(30)24-17)15-6-4-3-5-7-15/h3-12H,1-2H3,(H,23,27)(H,24,30). The summed E-state index contributed by atoms with van der Waals surface area (Å²) in [7, 11) is 2.91. The van der Waals surface area contributed by atoms with Crippen molar-refractivity contribution in [3.63, 3.8) is 0 Å². The molecule has 0 bridgehead atoms. The van der Waals surface area contributed by atoms with Crippen LogP contribution in [0.3, 0.4) is 0 Å². The van der Waals surface area contributed by atoms with Gasteiger partial charge >= 0.3 is 11.7 Å². The van der Waals surface area contributed by atoms with Gasteiger partial charge < -0.3 is 19.6 Å². The molecule has 2 aromatic heterocycles. The Morgan fingerprint density at radius 2 is 1.68 bits per heavy atom. The number of H-pyrrole nitrogens is 1. The number of carbonyl (C=O) groups is 2. The molecule has 0 saturated carbocycles. The van der Waals surface area contributed by atoms with E-state index >= 15 is 0 Å². The molecule has 0 fully saturated rings. The first-order valence-corrected chi connectivity index (χ1v) is 9.30. The molecule has 9 nitrogen and oxygen atoms in total. The van der Waals surface area contributed by atoms with Crippen LogP contribution in [0.15, 0.2) is 70.4 Å². The zero-order valence-electron chi connectivity index (χ0n) is 16.7. The topological polar surface area (TPSA) is 115 Å². The minimum absolute atomic E-state index is 0.143. The fourth-order valence-corrected chi connectivity index (χ4v) is 3.36. The van der Waals surface area contributed by atoms with Crippen LogP contribution in [0.25, 0.3) is 16.7 Å². The van der Waals surface area contributed by atoms with Crippen LogP contribution >= 0.6 is 0 Å². The molecule has 1 amide bonds. The summed E-state index contributed by atoms with van der Waals surface area (Å²) >= 11 is 0. The van der Waals surface area contributed by atoms with Gasteiger partial charge in [-0.2, -0.15) is 0 Å². The number of anilines is 1. The SMILES string of the molecule is COC(=O)c1ccc(NC(=O)c2cn(C)c3c(=O)n(-c4ccccc4)c(=O)[nH]c23)cc1. The number of fused-ring (bicyclic) bond motifs is 1. The van der Waals surface area contributed by atoms with Crippen LogP contribution in [0.5, 0.6) is 0 Å². The number of aromatic nitrogens is 3. The number of amides is 1. The molecule has 31 heavy (non-hydrogen) atoms. The molecular weight excluding hydrogens is 400 g/mol. The van der Waals surface area contributed by atoms with E-state index in [1.807, 2.05) is 0 Å². The van der Waals surface area contributed by atoms with Crippen molar-refractivity contribution in [3.05, 3.63) is 92.8 Å². The number of aryl methyl sites for hydroxylation is 1. The highest BCUT2D eigenvalue weighted by Gasteiger charge is 2.20. The largest absolute Gasteiger partial charge is 0.465 e. The van der Waals surface area contributed by atoms with Gasteiger partial charge in [0, 0.05) is 18.9 Å². The lowest BCUT2D eigenvalue weighted by Gasteiger charge is -2.07. The van der Waals surface area contributed by atoms with Crippen LogP contribution in [0.4, 0.5) is 5.69 Å². The van der Waals surface area contributed by atoms with Crippen LogP contribution < -0.4 is 16.6 Å². The minimum atomic E-state index is -0.647. The lowest BCUT2D eigenvalue weighted by atomic mass is 10.2. The van der Waals surface area contributed by atoms with Crippen molar-refractivity contribution in [1.29, 1.82) is 0 Å². The molecule has 156 valence electrons. The average molecular weight is 418 g/mol. The van der Waals surface area contributed by atoms with Gasteiger partial charge in [0.2, 0.25) is 0 Å². The second-order valence-corrected chi connectivity index (χ2v) is 6.81. The summed E-state index contributed by atoms with van der Waals surface area (Å²) in [5, 5.41) is 2.70. The van der Waals surface area contributed by atoms with E-state index in [0.29, 0.717) is 16.9 Å². The number of ether oxygens (including phenoxy) is 1. The molecule has 0 aliphatic carbocycles. The Hall–Kier alpha value is -4.40. The van der Waals surface area contributed by atoms with Gasteiger partial charge in [0.25, 0.3) is 11.5 Å². The molecule has 4 rings (SSSR count). The summed E-state index contributed by atoms with van der Waals surface area (Å²) in [5.74, 6) is -0.997. The number of aromatic amines is 1. The summed E-state index contributed by atoms with van der Waals surface area (Å²) in [6.45, 7) is 0. The summed E-state index contributed by atoms with van der Waals surface area (Å²) in [4.78, 5) is 52.7. The quantitative estimate of drug-likeness (QED) is 0.492. The van der Waals surface area contributed by atoms with Crippen molar-refractivity contribution in [1.82, 2.24) is 14.1 Å². The zero-order chi connectivity index (χ0) is 22.1. The Morgan fingerprint density at radius 3 is 2.32 bits per heavy atom. The molecule has 0 spiro atoms. The van der Waals surface area contributed by atoms with Crippen molar-refractivity contribution < 1.29 is 14.3 Å². The molecule has 0 aliphatic heterocycles. The Morgan fingerprint density at radius 1 is 1.00 bits per heavy atom. The number of benzene rings is 2. The van der Waals surface area contributed by atoms with Gasteiger partial charge in [-0.3, -0.25) is 9.59 Å². The number of nitrogens with zero attached hydrogens (tertiary/aromatic N) is 2. The Kier molecular flexibility index (Phi) is 5.00. The molecule has 4 aromatic rings. The molecule has 0 aliphatic rings. The van der Waals surface area contributed by atoms with E-state index in [1.165, 1.54) is 30.0 Å². The minimum Gasteiger partial charge on any atom is -0.465 e. The molecule has 0 unspecified atom stereocenters. The highest BCUT2D eigenvalue weighted by atomic mass is 16.5. The molecule has 0 atom stereocenters. The fourth-order valence-electron chi connectivity index (χ4n) is 3.36. The smallest absolute Gasteiger partial charge is 0.337 e. The second kappa shape index (κ2) is 7.79. The maximum absolute atomic E-state index is 13.0.